The second-order valence-corrected chi connectivity index (χ2v) is 7.05. The summed E-state index contributed by atoms with van der Waals surface area (Å²) in [5.41, 5.74) is 3.36. The number of rotatable bonds is 10. The van der Waals surface area contributed by atoms with Gasteiger partial charge in [-0.2, -0.15) is 0 Å². The van der Waals surface area contributed by atoms with Crippen molar-refractivity contribution in [2.24, 2.45) is 4.99 Å². The molecular formula is C23H33N3O3. The van der Waals surface area contributed by atoms with Crippen LogP contribution >= 0.6 is 0 Å². The van der Waals surface area contributed by atoms with E-state index in [2.05, 4.69) is 40.7 Å². The summed E-state index contributed by atoms with van der Waals surface area (Å²) in [5.74, 6) is 2.46. The summed E-state index contributed by atoms with van der Waals surface area (Å²) in [4.78, 5) is 4.31. The molecule has 29 heavy (non-hydrogen) atoms. The maximum Gasteiger partial charge on any atom is 0.191 e. The van der Waals surface area contributed by atoms with Crippen molar-refractivity contribution in [1.82, 2.24) is 10.6 Å². The molecule has 0 bridgehead atoms. The Morgan fingerprint density at radius 3 is 2.55 bits per heavy atom. The highest BCUT2D eigenvalue weighted by Gasteiger charge is 2.07. The van der Waals surface area contributed by atoms with Crippen LogP contribution in [0.25, 0.3) is 0 Å². The number of aryl methyl sites for hydroxylation is 1. The van der Waals surface area contributed by atoms with Crippen molar-refractivity contribution in [2.45, 2.75) is 40.0 Å². The number of nitrogens with zero attached hydrogens (tertiary/aromatic N) is 1. The van der Waals surface area contributed by atoms with Gasteiger partial charge in [0.1, 0.15) is 18.1 Å². The molecule has 0 saturated heterocycles. The molecule has 6 nitrogen and oxygen atoms in total. The lowest BCUT2D eigenvalue weighted by molar-refractivity contribution is 0.145. The summed E-state index contributed by atoms with van der Waals surface area (Å²) in [6.07, 6.45) is 0.155. The molecule has 0 amide bonds. The van der Waals surface area contributed by atoms with Crippen LogP contribution in [0, 0.1) is 6.92 Å². The van der Waals surface area contributed by atoms with Gasteiger partial charge in [0.15, 0.2) is 5.96 Å². The van der Waals surface area contributed by atoms with Crippen LogP contribution in [-0.2, 0) is 17.8 Å². The molecule has 2 N–H and O–H groups in total. The molecule has 0 atom stereocenters. The fraction of sp³-hybridized carbons (Fsp3) is 0.435. The van der Waals surface area contributed by atoms with Crippen molar-refractivity contribution in [2.75, 3.05) is 27.4 Å². The molecule has 0 radical (unpaired) electrons. The molecule has 0 fully saturated rings. The molecule has 0 aromatic heterocycles. The topological polar surface area (TPSA) is 64.1 Å². The fourth-order valence-corrected chi connectivity index (χ4v) is 2.76. The van der Waals surface area contributed by atoms with Crippen molar-refractivity contribution < 1.29 is 14.2 Å². The number of nitrogens with one attached hydrogen (secondary N) is 2. The van der Waals surface area contributed by atoms with Crippen LogP contribution in [0.15, 0.2) is 47.5 Å². The molecule has 158 valence electrons. The van der Waals surface area contributed by atoms with Crippen molar-refractivity contribution >= 4 is 5.96 Å². The van der Waals surface area contributed by atoms with Crippen molar-refractivity contribution in [3.05, 3.63) is 59.2 Å². The number of ether oxygens (including phenoxy) is 3. The molecule has 0 saturated carbocycles. The monoisotopic (exact) mass is 399 g/mol. The second kappa shape index (κ2) is 12.0. The minimum absolute atomic E-state index is 0.155. The number of benzene rings is 2. The van der Waals surface area contributed by atoms with E-state index in [-0.39, 0.29) is 6.10 Å². The zero-order chi connectivity index (χ0) is 21.1. The lowest BCUT2D eigenvalue weighted by Crippen LogP contribution is -2.36. The molecule has 0 heterocycles. The maximum atomic E-state index is 5.86. The number of methoxy groups -OCH3 is 1. The molecule has 0 aliphatic rings. The Kier molecular flexibility index (Phi) is 9.31. The van der Waals surface area contributed by atoms with Gasteiger partial charge in [0.05, 0.1) is 12.7 Å². The second-order valence-electron chi connectivity index (χ2n) is 7.05. The van der Waals surface area contributed by atoms with Gasteiger partial charge in [0.2, 0.25) is 0 Å². The molecule has 0 unspecified atom stereocenters. The Balaban J connectivity index is 1.92. The summed E-state index contributed by atoms with van der Waals surface area (Å²) in [7, 11) is 3.43. The normalized spacial score (nSPS) is 11.4. The molecule has 0 aliphatic carbocycles. The highest BCUT2D eigenvalue weighted by Crippen LogP contribution is 2.20. The largest absolute Gasteiger partial charge is 0.491 e. The summed E-state index contributed by atoms with van der Waals surface area (Å²) >= 11 is 0. The first-order valence-corrected chi connectivity index (χ1v) is 9.93. The van der Waals surface area contributed by atoms with Crippen molar-refractivity contribution in [1.29, 1.82) is 0 Å². The first kappa shape index (κ1) is 22.6. The molecule has 2 aromatic rings. The summed E-state index contributed by atoms with van der Waals surface area (Å²) in [6, 6.07) is 14.3. The van der Waals surface area contributed by atoms with Crippen molar-refractivity contribution in [3.63, 3.8) is 0 Å². The van der Waals surface area contributed by atoms with Crippen LogP contribution < -0.4 is 20.1 Å². The van der Waals surface area contributed by atoms with Crippen LogP contribution in [0.5, 0.6) is 11.5 Å². The average Bonchev–Trinajstić information content (AvgIpc) is 2.69. The van der Waals surface area contributed by atoms with Gasteiger partial charge in [-0.1, -0.05) is 24.3 Å². The van der Waals surface area contributed by atoms with Crippen LogP contribution in [0.1, 0.15) is 30.5 Å². The van der Waals surface area contributed by atoms with Crippen molar-refractivity contribution in [3.8, 4) is 11.5 Å². The third-order valence-corrected chi connectivity index (χ3v) is 4.17. The van der Waals surface area contributed by atoms with Crippen LogP contribution in [0.4, 0.5) is 0 Å². The van der Waals surface area contributed by atoms with Crippen LogP contribution in [0.3, 0.4) is 0 Å². The number of hydrogen-bond acceptors (Lipinski definition) is 4. The lowest BCUT2D eigenvalue weighted by atomic mass is 10.1. The SMILES string of the molecule is CN=C(NCc1cccc(OC(C)C)c1)NCc1ccc(C)cc1OCCOC. The van der Waals surface area contributed by atoms with Gasteiger partial charge in [-0.15, -0.1) is 0 Å². The predicted molar refractivity (Wildman–Crippen MR) is 118 cm³/mol. The first-order valence-electron chi connectivity index (χ1n) is 9.93. The first-order chi connectivity index (χ1) is 14.0. The molecular weight excluding hydrogens is 366 g/mol. The van der Waals surface area contributed by atoms with E-state index in [1.165, 1.54) is 0 Å². The van der Waals surface area contributed by atoms with Gasteiger partial charge in [-0.25, -0.2) is 0 Å². The predicted octanol–water partition coefficient (Wildman–Crippen LogP) is 3.67. The van der Waals surface area contributed by atoms with Gasteiger partial charge < -0.3 is 24.8 Å². The van der Waals surface area contributed by atoms with E-state index in [0.29, 0.717) is 26.3 Å². The van der Waals surface area contributed by atoms with E-state index in [9.17, 15) is 0 Å². The van der Waals surface area contributed by atoms with Gasteiger partial charge in [0.25, 0.3) is 0 Å². The Hall–Kier alpha value is -2.73. The zero-order valence-electron chi connectivity index (χ0n) is 18.1. The molecule has 0 spiro atoms. The minimum Gasteiger partial charge on any atom is -0.491 e. The lowest BCUT2D eigenvalue weighted by Gasteiger charge is -2.16. The Bertz CT molecular complexity index is 791. The third-order valence-electron chi connectivity index (χ3n) is 4.17. The Morgan fingerprint density at radius 2 is 1.83 bits per heavy atom. The van der Waals surface area contributed by atoms with E-state index >= 15 is 0 Å². The Labute approximate surface area is 174 Å². The smallest absolute Gasteiger partial charge is 0.191 e. The molecule has 2 rings (SSSR count). The Morgan fingerprint density at radius 1 is 1.03 bits per heavy atom. The van der Waals surface area contributed by atoms with E-state index in [0.717, 1.165) is 34.1 Å². The number of aliphatic imine (C=N–C) groups is 1. The van der Waals surface area contributed by atoms with Crippen LogP contribution in [0.2, 0.25) is 0 Å². The van der Waals surface area contributed by atoms with Gasteiger partial charge in [-0.05, 0) is 50.1 Å². The third kappa shape index (κ3) is 8.03. The van der Waals surface area contributed by atoms with Crippen LogP contribution in [-0.4, -0.2) is 39.4 Å². The maximum absolute atomic E-state index is 5.86. The number of hydrogen-bond donors (Lipinski definition) is 2. The van der Waals surface area contributed by atoms with E-state index in [4.69, 9.17) is 14.2 Å². The zero-order valence-corrected chi connectivity index (χ0v) is 18.1. The van der Waals surface area contributed by atoms with Gasteiger partial charge in [0, 0.05) is 32.8 Å². The van der Waals surface area contributed by atoms with E-state index in [1.54, 1.807) is 14.2 Å². The average molecular weight is 400 g/mol. The standard InChI is InChI=1S/C23H33N3O3/c1-17(2)29-21-8-6-7-19(14-21)15-25-23(24-4)26-16-20-10-9-18(3)13-22(20)28-12-11-27-5/h6-10,13-14,17H,11-12,15-16H2,1-5H3,(H2,24,25,26). The summed E-state index contributed by atoms with van der Waals surface area (Å²) in [6.45, 7) is 8.44. The van der Waals surface area contributed by atoms with Gasteiger partial charge >= 0.3 is 0 Å². The minimum atomic E-state index is 0.155. The molecule has 0 aliphatic heterocycles. The highest BCUT2D eigenvalue weighted by molar-refractivity contribution is 5.79. The number of guanidine groups is 1. The molecule has 2 aromatic carbocycles. The van der Waals surface area contributed by atoms with Gasteiger partial charge in [-0.3, -0.25) is 4.99 Å². The highest BCUT2D eigenvalue weighted by atomic mass is 16.5. The van der Waals surface area contributed by atoms with E-state index < -0.39 is 0 Å². The summed E-state index contributed by atoms with van der Waals surface area (Å²) in [5, 5.41) is 6.69. The molecule has 6 heteroatoms. The quantitative estimate of drug-likeness (QED) is 0.363. The summed E-state index contributed by atoms with van der Waals surface area (Å²) < 4.78 is 16.7. The van der Waals surface area contributed by atoms with E-state index in [1.807, 2.05) is 38.1 Å². The fourth-order valence-electron chi connectivity index (χ4n) is 2.76.